The number of rotatable bonds is 3. The van der Waals surface area contributed by atoms with E-state index in [-0.39, 0.29) is 5.91 Å². The van der Waals surface area contributed by atoms with Crippen LogP contribution in [0.25, 0.3) is 11.0 Å². The van der Waals surface area contributed by atoms with Crippen molar-refractivity contribution in [3.8, 4) is 0 Å². The van der Waals surface area contributed by atoms with Crippen molar-refractivity contribution in [2.75, 3.05) is 23.3 Å². The van der Waals surface area contributed by atoms with Gasteiger partial charge in [0.25, 0.3) is 0 Å². The van der Waals surface area contributed by atoms with Gasteiger partial charge in [-0.2, -0.15) is 0 Å². The van der Waals surface area contributed by atoms with Gasteiger partial charge in [-0.05, 0) is 19.1 Å². The summed E-state index contributed by atoms with van der Waals surface area (Å²) in [6.45, 7) is 5.01. The maximum Gasteiger partial charge on any atom is 0.222 e. The summed E-state index contributed by atoms with van der Waals surface area (Å²) >= 11 is 0. The highest BCUT2D eigenvalue weighted by Crippen LogP contribution is 2.32. The molecule has 1 aliphatic rings. The van der Waals surface area contributed by atoms with Crippen molar-refractivity contribution in [2.24, 2.45) is 7.05 Å². The molecule has 2 aromatic heterocycles. The second-order valence-electron chi connectivity index (χ2n) is 6.46. The molecule has 25 heavy (non-hydrogen) atoms. The maximum atomic E-state index is 11.3. The number of nitrogens with one attached hydrogen (secondary N) is 1. The second kappa shape index (κ2) is 5.84. The predicted octanol–water partition coefficient (Wildman–Crippen LogP) is 2.23. The number of hydrogen-bond acceptors (Lipinski definition) is 5. The van der Waals surface area contributed by atoms with Crippen molar-refractivity contribution in [2.45, 2.75) is 19.8 Å². The van der Waals surface area contributed by atoms with Gasteiger partial charge in [-0.25, -0.2) is 15.0 Å². The lowest BCUT2D eigenvalue weighted by Crippen LogP contribution is -2.46. The van der Waals surface area contributed by atoms with Gasteiger partial charge in [-0.3, -0.25) is 4.79 Å². The number of carbonyl (C=O) groups is 1. The van der Waals surface area contributed by atoms with Crippen molar-refractivity contribution < 1.29 is 4.79 Å². The molecule has 128 valence electrons. The van der Waals surface area contributed by atoms with Gasteiger partial charge >= 0.3 is 0 Å². The highest BCUT2D eigenvalue weighted by atomic mass is 16.1. The van der Waals surface area contributed by atoms with Gasteiger partial charge in [0.2, 0.25) is 5.91 Å². The molecule has 0 spiro atoms. The van der Waals surface area contributed by atoms with Crippen LogP contribution in [0.3, 0.4) is 0 Å². The van der Waals surface area contributed by atoms with E-state index < -0.39 is 0 Å². The lowest BCUT2D eigenvalue weighted by Gasteiger charge is -2.39. The minimum Gasteiger partial charge on any atom is -0.355 e. The molecular weight excluding hydrogens is 316 g/mol. The molecule has 7 nitrogen and oxygen atoms in total. The first kappa shape index (κ1) is 15.6. The summed E-state index contributed by atoms with van der Waals surface area (Å²) in [7, 11) is 2.07. The fourth-order valence-corrected chi connectivity index (χ4v) is 3.32. The van der Waals surface area contributed by atoms with Gasteiger partial charge in [-0.15, -0.1) is 0 Å². The molecule has 0 atom stereocenters. The Bertz CT molecular complexity index is 957. The Hall–Kier alpha value is -2.96. The summed E-state index contributed by atoms with van der Waals surface area (Å²) < 4.78 is 2.17. The van der Waals surface area contributed by atoms with Crippen LogP contribution in [0.2, 0.25) is 0 Å². The molecule has 1 N–H and O–H groups in total. The van der Waals surface area contributed by atoms with E-state index in [2.05, 4.69) is 37.9 Å². The molecule has 0 saturated carbocycles. The Kier molecular flexibility index (Phi) is 3.63. The van der Waals surface area contributed by atoms with Gasteiger partial charge in [-0.1, -0.05) is 12.1 Å². The minimum atomic E-state index is -0.134. The molecule has 0 aliphatic carbocycles. The van der Waals surface area contributed by atoms with Crippen LogP contribution < -0.4 is 10.2 Å². The van der Waals surface area contributed by atoms with E-state index in [1.165, 1.54) is 6.92 Å². The van der Waals surface area contributed by atoms with Crippen LogP contribution in [0.4, 0.5) is 11.6 Å². The summed E-state index contributed by atoms with van der Waals surface area (Å²) in [4.78, 5) is 27.0. The van der Waals surface area contributed by atoms with Crippen LogP contribution >= 0.6 is 0 Å². The Morgan fingerprint density at radius 1 is 1.20 bits per heavy atom. The maximum absolute atomic E-state index is 11.3. The van der Waals surface area contributed by atoms with Gasteiger partial charge in [0, 0.05) is 33.1 Å². The molecule has 1 amide bonds. The predicted molar refractivity (Wildman–Crippen MR) is 96.7 cm³/mol. The van der Waals surface area contributed by atoms with Gasteiger partial charge < -0.3 is 14.8 Å². The average molecular weight is 336 g/mol. The zero-order valence-corrected chi connectivity index (χ0v) is 14.5. The fourth-order valence-electron chi connectivity index (χ4n) is 3.32. The molecule has 1 aliphatic heterocycles. The van der Waals surface area contributed by atoms with E-state index in [0.717, 1.165) is 35.8 Å². The Labute approximate surface area is 145 Å². The number of carbonyl (C=O) groups excluding carboxylic acids is 1. The standard InChI is InChI=1S/C18H20N6O/c1-11-19-16(21-12(2)25)8-17(20-11)24-9-13(10-24)18-22-14-6-4-5-7-15(14)23(18)3/h4-8,13H,9-10H2,1-3H3,(H,19,20,21,25). The second-order valence-corrected chi connectivity index (χ2v) is 6.46. The molecule has 0 radical (unpaired) electrons. The minimum absolute atomic E-state index is 0.134. The molecule has 1 aromatic carbocycles. The number of fused-ring (bicyclic) bond motifs is 1. The third kappa shape index (κ3) is 2.82. The lowest BCUT2D eigenvalue weighted by atomic mass is 9.99. The highest BCUT2D eigenvalue weighted by Gasteiger charge is 2.33. The van der Waals surface area contributed by atoms with E-state index in [4.69, 9.17) is 4.98 Å². The molecule has 0 bridgehead atoms. The van der Waals surface area contributed by atoms with Crippen LogP contribution in [0.1, 0.15) is 24.5 Å². The zero-order valence-electron chi connectivity index (χ0n) is 14.5. The smallest absolute Gasteiger partial charge is 0.222 e. The number of hydrogen-bond donors (Lipinski definition) is 1. The lowest BCUT2D eigenvalue weighted by molar-refractivity contribution is -0.114. The number of aromatic nitrogens is 4. The van der Waals surface area contributed by atoms with Crippen molar-refractivity contribution in [1.82, 2.24) is 19.5 Å². The highest BCUT2D eigenvalue weighted by molar-refractivity contribution is 5.88. The number of aryl methyl sites for hydroxylation is 2. The van der Waals surface area contributed by atoms with E-state index in [9.17, 15) is 4.79 Å². The van der Waals surface area contributed by atoms with Crippen LogP contribution in [-0.4, -0.2) is 38.5 Å². The molecule has 1 fully saturated rings. The monoisotopic (exact) mass is 336 g/mol. The summed E-state index contributed by atoms with van der Waals surface area (Å²) in [5.74, 6) is 3.37. The molecule has 3 aromatic rings. The number of amides is 1. The van der Waals surface area contributed by atoms with Crippen molar-refractivity contribution in [3.05, 3.63) is 42.0 Å². The van der Waals surface area contributed by atoms with Crippen LogP contribution in [0, 0.1) is 6.92 Å². The molecule has 4 rings (SSSR count). The van der Waals surface area contributed by atoms with Gasteiger partial charge in [0.05, 0.1) is 17.0 Å². The molecule has 3 heterocycles. The first-order valence-corrected chi connectivity index (χ1v) is 8.31. The van der Waals surface area contributed by atoms with E-state index in [1.807, 2.05) is 31.2 Å². The van der Waals surface area contributed by atoms with Crippen LogP contribution in [0.5, 0.6) is 0 Å². The third-order valence-corrected chi connectivity index (χ3v) is 4.52. The van der Waals surface area contributed by atoms with Crippen molar-refractivity contribution in [1.29, 1.82) is 0 Å². The number of para-hydroxylation sites is 2. The average Bonchev–Trinajstić information content (AvgIpc) is 2.82. The van der Waals surface area contributed by atoms with Gasteiger partial charge in [0.1, 0.15) is 23.3 Å². The largest absolute Gasteiger partial charge is 0.355 e. The van der Waals surface area contributed by atoms with Crippen molar-refractivity contribution >= 4 is 28.6 Å². The Morgan fingerprint density at radius 3 is 2.68 bits per heavy atom. The summed E-state index contributed by atoms with van der Waals surface area (Å²) in [6, 6.07) is 10.0. The SMILES string of the molecule is CC(=O)Nc1cc(N2CC(c3nc4ccccc4n3C)C2)nc(C)n1. The topological polar surface area (TPSA) is 75.9 Å². The van der Waals surface area contributed by atoms with Gasteiger partial charge in [0.15, 0.2) is 0 Å². The number of benzene rings is 1. The van der Waals surface area contributed by atoms with Crippen LogP contribution in [-0.2, 0) is 11.8 Å². The first-order chi connectivity index (χ1) is 12.0. The molecule has 0 unspecified atom stereocenters. The molecule has 1 saturated heterocycles. The molecular formula is C18H20N6O. The zero-order chi connectivity index (χ0) is 17.6. The summed E-state index contributed by atoms with van der Waals surface area (Å²) in [6.07, 6.45) is 0. The summed E-state index contributed by atoms with van der Waals surface area (Å²) in [5.41, 5.74) is 2.19. The third-order valence-electron chi connectivity index (χ3n) is 4.52. The van der Waals surface area contributed by atoms with Crippen molar-refractivity contribution in [3.63, 3.8) is 0 Å². The Balaban J connectivity index is 1.54. The quantitative estimate of drug-likeness (QED) is 0.794. The number of anilines is 2. The normalized spacial score (nSPS) is 14.6. The number of imidazole rings is 1. The number of nitrogens with zero attached hydrogens (tertiary/aromatic N) is 5. The van der Waals surface area contributed by atoms with Crippen LogP contribution in [0.15, 0.2) is 30.3 Å². The van der Waals surface area contributed by atoms with E-state index >= 15 is 0 Å². The van der Waals surface area contributed by atoms with E-state index in [0.29, 0.717) is 17.6 Å². The summed E-state index contributed by atoms with van der Waals surface area (Å²) in [5, 5.41) is 2.73. The fraction of sp³-hybridized carbons (Fsp3) is 0.333. The van der Waals surface area contributed by atoms with E-state index in [1.54, 1.807) is 0 Å². The molecule has 7 heteroatoms. The first-order valence-electron chi connectivity index (χ1n) is 8.31. The Morgan fingerprint density at radius 2 is 1.96 bits per heavy atom.